The molecule has 8 aliphatic rings. The van der Waals surface area contributed by atoms with E-state index in [0.29, 0.717) is 0 Å². The van der Waals surface area contributed by atoms with Crippen LogP contribution < -0.4 is 21.3 Å². The lowest BCUT2D eigenvalue weighted by atomic mass is 9.43. The molecule has 0 aromatic carbocycles. The quantitative estimate of drug-likeness (QED) is 0.467. The summed E-state index contributed by atoms with van der Waals surface area (Å²) in [7, 11) is 0. The molecule has 4 N–H and O–H groups in total. The van der Waals surface area contributed by atoms with Crippen molar-refractivity contribution in [3.8, 4) is 0 Å². The zero-order valence-corrected chi connectivity index (χ0v) is 20.0. The molecule has 4 nitrogen and oxygen atoms in total. The van der Waals surface area contributed by atoms with Gasteiger partial charge in [-0.15, -0.1) is 0 Å². The molecule has 32 heavy (non-hydrogen) atoms. The lowest BCUT2D eigenvalue weighted by Crippen LogP contribution is -2.80. The van der Waals surface area contributed by atoms with Gasteiger partial charge in [0.05, 0.1) is 0 Å². The van der Waals surface area contributed by atoms with Gasteiger partial charge in [-0.25, -0.2) is 0 Å². The Labute approximate surface area is 195 Å². The van der Waals surface area contributed by atoms with Gasteiger partial charge in [0.2, 0.25) is 0 Å². The molecule has 8 fully saturated rings. The van der Waals surface area contributed by atoms with Gasteiger partial charge >= 0.3 is 0 Å². The molecule has 8 rings (SSSR count). The van der Waals surface area contributed by atoms with Crippen molar-refractivity contribution in [3.05, 3.63) is 0 Å². The first-order chi connectivity index (χ1) is 15.9. The third-order valence-corrected chi connectivity index (χ3v) is 12.3. The topological polar surface area (TPSA) is 48.1 Å². The van der Waals surface area contributed by atoms with E-state index in [-0.39, 0.29) is 0 Å². The Morgan fingerprint density at radius 2 is 0.594 bits per heavy atom. The molecule has 4 heteroatoms. The van der Waals surface area contributed by atoms with Crippen LogP contribution in [0, 0.1) is 35.5 Å². The number of piperazine rings is 2. The monoisotopic (exact) mass is 438 g/mol. The normalized spacial score (nSPS) is 60.8. The maximum Gasteiger partial charge on any atom is 0.0258 e. The van der Waals surface area contributed by atoms with E-state index in [1.54, 1.807) is 0 Å². The summed E-state index contributed by atoms with van der Waals surface area (Å²) in [6.45, 7) is 0. The van der Waals surface area contributed by atoms with Gasteiger partial charge in [0.15, 0.2) is 0 Å². The summed E-state index contributed by atoms with van der Waals surface area (Å²) < 4.78 is 0. The number of hydrogen-bond donors (Lipinski definition) is 4. The molecule has 178 valence electrons. The van der Waals surface area contributed by atoms with E-state index >= 15 is 0 Å². The highest BCUT2D eigenvalue weighted by Crippen LogP contribution is 2.61. The predicted octanol–water partition coefficient (Wildman–Crippen LogP) is 3.56. The van der Waals surface area contributed by atoms with Crippen LogP contribution in [0.4, 0.5) is 0 Å². The van der Waals surface area contributed by atoms with Crippen LogP contribution in [-0.2, 0) is 0 Å². The van der Waals surface area contributed by atoms with Gasteiger partial charge in [0.25, 0.3) is 0 Å². The van der Waals surface area contributed by atoms with Crippen LogP contribution in [0.1, 0.15) is 89.9 Å². The van der Waals surface area contributed by atoms with Crippen LogP contribution in [0.2, 0.25) is 0 Å². The zero-order valence-electron chi connectivity index (χ0n) is 20.0. The predicted molar refractivity (Wildman–Crippen MR) is 128 cm³/mol. The van der Waals surface area contributed by atoms with Crippen molar-refractivity contribution in [2.45, 2.75) is 138 Å². The molecular weight excluding hydrogens is 392 g/mol. The van der Waals surface area contributed by atoms with Crippen molar-refractivity contribution in [3.63, 3.8) is 0 Å². The van der Waals surface area contributed by atoms with Crippen LogP contribution in [0.25, 0.3) is 0 Å². The minimum Gasteiger partial charge on any atom is -0.308 e. The van der Waals surface area contributed by atoms with Crippen LogP contribution in [0.3, 0.4) is 0 Å². The zero-order chi connectivity index (χ0) is 20.8. The van der Waals surface area contributed by atoms with Crippen LogP contribution in [-0.4, -0.2) is 48.3 Å². The molecule has 0 amide bonds. The molecule has 12 atom stereocenters. The second-order valence-electron chi connectivity index (χ2n) is 13.4. The smallest absolute Gasteiger partial charge is 0.0258 e. The second-order valence-corrected chi connectivity index (χ2v) is 13.4. The van der Waals surface area contributed by atoms with Gasteiger partial charge in [0, 0.05) is 48.3 Å². The SMILES string of the molecule is C1CCC2NC3C4CCCC5C6NC7CCCCC7NC6C6CCCC(C3NC2C1)C6C45. The second kappa shape index (κ2) is 7.67. The molecule has 0 aromatic heterocycles. The standard InChI is InChI=1S/C28H46N4/c1-2-12-20-19(11-1)29-25-15-7-5-9-17-23(15)24-16(26(25)30-20)8-6-10-18(24)28-27(17)31-21-13-3-4-14-22(21)32-28/h15-32H,1-14H2. The number of hydrogen-bond acceptors (Lipinski definition) is 4. The Bertz CT molecular complexity index is 610. The number of fused-ring (bicyclic) bond motifs is 8. The van der Waals surface area contributed by atoms with Crippen LogP contribution in [0.5, 0.6) is 0 Å². The van der Waals surface area contributed by atoms with Gasteiger partial charge in [-0.05, 0) is 86.9 Å². The van der Waals surface area contributed by atoms with E-state index in [1.807, 2.05) is 0 Å². The molecular formula is C28H46N4. The highest BCUT2D eigenvalue weighted by atomic mass is 15.2. The van der Waals surface area contributed by atoms with E-state index in [9.17, 15) is 0 Å². The van der Waals surface area contributed by atoms with Crippen molar-refractivity contribution in [1.82, 2.24) is 21.3 Å². The van der Waals surface area contributed by atoms with E-state index in [0.717, 1.165) is 83.8 Å². The fourth-order valence-corrected chi connectivity index (χ4v) is 11.4. The van der Waals surface area contributed by atoms with Crippen LogP contribution in [0.15, 0.2) is 0 Å². The third-order valence-electron chi connectivity index (χ3n) is 12.3. The summed E-state index contributed by atoms with van der Waals surface area (Å²) in [6, 6.07) is 6.08. The van der Waals surface area contributed by atoms with Crippen molar-refractivity contribution in [2.24, 2.45) is 35.5 Å². The molecule has 6 aliphatic carbocycles. The first-order valence-electron chi connectivity index (χ1n) is 14.9. The molecule has 0 bridgehead atoms. The Kier molecular flexibility index (Phi) is 4.81. The fraction of sp³-hybridized carbons (Fsp3) is 1.00. The first-order valence-corrected chi connectivity index (χ1v) is 14.9. The van der Waals surface area contributed by atoms with E-state index in [1.165, 1.54) is 89.9 Å². The van der Waals surface area contributed by atoms with Crippen LogP contribution >= 0.6 is 0 Å². The van der Waals surface area contributed by atoms with E-state index in [2.05, 4.69) is 21.3 Å². The number of rotatable bonds is 0. The van der Waals surface area contributed by atoms with Crippen molar-refractivity contribution in [1.29, 1.82) is 0 Å². The fourth-order valence-electron chi connectivity index (χ4n) is 11.4. The van der Waals surface area contributed by atoms with Gasteiger partial charge in [-0.1, -0.05) is 38.5 Å². The molecule has 2 heterocycles. The van der Waals surface area contributed by atoms with E-state index in [4.69, 9.17) is 0 Å². The molecule has 0 spiro atoms. The Morgan fingerprint density at radius 3 is 0.875 bits per heavy atom. The Morgan fingerprint density at radius 1 is 0.312 bits per heavy atom. The van der Waals surface area contributed by atoms with Gasteiger partial charge in [-0.3, -0.25) is 0 Å². The van der Waals surface area contributed by atoms with E-state index < -0.39 is 0 Å². The largest absolute Gasteiger partial charge is 0.308 e. The molecule has 12 unspecified atom stereocenters. The summed E-state index contributed by atoms with van der Waals surface area (Å²) >= 11 is 0. The average Bonchev–Trinajstić information content (AvgIpc) is 2.86. The molecule has 2 saturated heterocycles. The maximum atomic E-state index is 4.37. The molecule has 6 saturated carbocycles. The van der Waals surface area contributed by atoms with Crippen molar-refractivity contribution in [2.75, 3.05) is 0 Å². The molecule has 0 radical (unpaired) electrons. The summed E-state index contributed by atoms with van der Waals surface area (Å²) in [6.07, 6.45) is 20.4. The minimum absolute atomic E-state index is 0.759. The van der Waals surface area contributed by atoms with Gasteiger partial charge < -0.3 is 21.3 Å². The lowest BCUT2D eigenvalue weighted by Gasteiger charge is -2.69. The molecule has 0 aromatic rings. The average molecular weight is 439 g/mol. The highest BCUT2D eigenvalue weighted by Gasteiger charge is 2.64. The molecule has 2 aliphatic heterocycles. The summed E-state index contributed by atoms with van der Waals surface area (Å²) in [5.74, 6) is 5.71. The highest BCUT2D eigenvalue weighted by molar-refractivity contribution is 5.20. The van der Waals surface area contributed by atoms with Crippen molar-refractivity contribution >= 4 is 0 Å². The lowest BCUT2D eigenvalue weighted by molar-refractivity contribution is -0.149. The Hall–Kier alpha value is -0.160. The van der Waals surface area contributed by atoms with Gasteiger partial charge in [-0.2, -0.15) is 0 Å². The minimum atomic E-state index is 0.759. The summed E-state index contributed by atoms with van der Waals surface area (Å²) in [4.78, 5) is 0. The third kappa shape index (κ3) is 2.82. The maximum absolute atomic E-state index is 4.37. The van der Waals surface area contributed by atoms with Crippen molar-refractivity contribution < 1.29 is 0 Å². The first kappa shape index (κ1) is 20.1. The number of nitrogens with one attached hydrogen (secondary N) is 4. The van der Waals surface area contributed by atoms with Gasteiger partial charge in [0.1, 0.15) is 0 Å². The Balaban J connectivity index is 1.17. The summed E-state index contributed by atoms with van der Waals surface area (Å²) in [5, 5.41) is 17.5. The summed E-state index contributed by atoms with van der Waals surface area (Å²) in [5.41, 5.74) is 0.